The molecule has 9 heteroatoms. The summed E-state index contributed by atoms with van der Waals surface area (Å²) in [7, 11) is 4.47. The molecule has 0 spiro atoms. The molecular weight excluding hydrogens is 478 g/mol. The van der Waals surface area contributed by atoms with Gasteiger partial charge in [-0.2, -0.15) is 0 Å². The monoisotopic (exact) mass is 511 g/mol. The van der Waals surface area contributed by atoms with Crippen molar-refractivity contribution in [2.24, 2.45) is 0 Å². The molecular formula is C28H33NO8. The van der Waals surface area contributed by atoms with Gasteiger partial charge in [0, 0.05) is 12.1 Å². The maximum atomic E-state index is 13.4. The van der Waals surface area contributed by atoms with E-state index in [1.54, 1.807) is 24.3 Å². The second-order valence-electron chi connectivity index (χ2n) is 9.15. The summed E-state index contributed by atoms with van der Waals surface area (Å²) in [5.74, 6) is 0.138. The third kappa shape index (κ3) is 5.09. The van der Waals surface area contributed by atoms with Gasteiger partial charge in [0.15, 0.2) is 11.5 Å². The number of ketones is 1. The van der Waals surface area contributed by atoms with E-state index in [1.807, 2.05) is 19.9 Å². The first-order valence-electron chi connectivity index (χ1n) is 12.3. The van der Waals surface area contributed by atoms with Gasteiger partial charge >= 0.3 is 0 Å². The van der Waals surface area contributed by atoms with Crippen molar-refractivity contribution < 1.29 is 38.4 Å². The van der Waals surface area contributed by atoms with Crippen molar-refractivity contribution in [3.8, 4) is 23.0 Å². The Morgan fingerprint density at radius 3 is 2.41 bits per heavy atom. The van der Waals surface area contributed by atoms with Crippen LogP contribution in [0.3, 0.4) is 0 Å². The SMILES string of the molecule is COc1cc(C2/C(=C(\O)c3ccc4c(c3)CCCO4)C(=O)C(=O)N2CCOC(C)C)cc(OC)c1OC. The van der Waals surface area contributed by atoms with Gasteiger partial charge in [-0.3, -0.25) is 9.59 Å². The van der Waals surface area contributed by atoms with Crippen LogP contribution in [0, 0.1) is 0 Å². The van der Waals surface area contributed by atoms with Crippen LogP contribution in [0.2, 0.25) is 0 Å². The highest BCUT2D eigenvalue weighted by Crippen LogP contribution is 2.46. The van der Waals surface area contributed by atoms with E-state index < -0.39 is 17.7 Å². The van der Waals surface area contributed by atoms with Crippen LogP contribution in [-0.2, 0) is 20.7 Å². The number of Topliss-reactive ketones (excluding diaryl/α,β-unsaturated/α-hetero) is 1. The van der Waals surface area contributed by atoms with Gasteiger partial charge in [0.1, 0.15) is 11.5 Å². The Labute approximate surface area is 216 Å². The predicted octanol–water partition coefficient (Wildman–Crippen LogP) is 3.88. The standard InChI is InChI=1S/C28H33NO8/c1-16(2)36-12-10-29-24(19-14-21(33-3)27(35-5)22(15-19)34-4)23(26(31)28(29)32)25(30)18-8-9-20-17(13-18)7-6-11-37-20/h8-9,13-16,24,30H,6-7,10-12H2,1-5H3/b25-23+. The van der Waals surface area contributed by atoms with Gasteiger partial charge < -0.3 is 33.7 Å². The molecule has 0 aliphatic carbocycles. The summed E-state index contributed by atoms with van der Waals surface area (Å²) >= 11 is 0. The predicted molar refractivity (Wildman–Crippen MR) is 136 cm³/mol. The number of carbonyl (C=O) groups excluding carboxylic acids is 2. The van der Waals surface area contributed by atoms with Crippen LogP contribution in [-0.4, -0.2) is 68.9 Å². The number of aliphatic hydroxyl groups excluding tert-OH is 1. The van der Waals surface area contributed by atoms with Crippen molar-refractivity contribution in [1.29, 1.82) is 0 Å². The summed E-state index contributed by atoms with van der Waals surface area (Å²) in [6.07, 6.45) is 1.62. The van der Waals surface area contributed by atoms with Gasteiger partial charge in [-0.1, -0.05) is 0 Å². The van der Waals surface area contributed by atoms with E-state index >= 15 is 0 Å². The molecule has 2 heterocycles. The van der Waals surface area contributed by atoms with Crippen molar-refractivity contribution >= 4 is 17.4 Å². The maximum absolute atomic E-state index is 13.4. The molecule has 9 nitrogen and oxygen atoms in total. The minimum absolute atomic E-state index is 0.0134. The number of hydrogen-bond donors (Lipinski definition) is 1. The maximum Gasteiger partial charge on any atom is 0.295 e. The number of aliphatic hydroxyl groups is 1. The number of likely N-dealkylation sites (tertiary alicyclic amines) is 1. The third-order valence-corrected chi connectivity index (χ3v) is 6.51. The summed E-state index contributed by atoms with van der Waals surface area (Å²) in [5, 5.41) is 11.4. The fraction of sp³-hybridized carbons (Fsp3) is 0.429. The van der Waals surface area contributed by atoms with Gasteiger partial charge in [0.25, 0.3) is 11.7 Å². The molecule has 2 aromatic rings. The Kier molecular flexibility index (Phi) is 7.92. The molecule has 2 aliphatic rings. The van der Waals surface area contributed by atoms with Crippen LogP contribution in [0.25, 0.3) is 5.76 Å². The van der Waals surface area contributed by atoms with Gasteiger partial charge in [-0.15, -0.1) is 0 Å². The van der Waals surface area contributed by atoms with E-state index in [4.69, 9.17) is 23.7 Å². The molecule has 4 rings (SSSR count). The second-order valence-corrected chi connectivity index (χ2v) is 9.15. The van der Waals surface area contributed by atoms with Gasteiger partial charge in [0.05, 0.1) is 52.3 Å². The van der Waals surface area contributed by atoms with Crippen LogP contribution in [0.1, 0.15) is 43.0 Å². The molecule has 37 heavy (non-hydrogen) atoms. The van der Waals surface area contributed by atoms with E-state index in [0.717, 1.165) is 24.2 Å². The van der Waals surface area contributed by atoms with E-state index in [9.17, 15) is 14.7 Å². The number of methoxy groups -OCH3 is 3. The number of hydrogen-bond acceptors (Lipinski definition) is 8. The lowest BCUT2D eigenvalue weighted by Gasteiger charge is -2.27. The normalized spacial score (nSPS) is 18.5. The average Bonchev–Trinajstić information content (AvgIpc) is 3.16. The van der Waals surface area contributed by atoms with Crippen molar-refractivity contribution in [1.82, 2.24) is 4.90 Å². The number of amides is 1. The van der Waals surface area contributed by atoms with Gasteiger partial charge in [-0.25, -0.2) is 0 Å². The number of aryl methyl sites for hydroxylation is 1. The van der Waals surface area contributed by atoms with Crippen molar-refractivity contribution in [3.63, 3.8) is 0 Å². The largest absolute Gasteiger partial charge is 0.507 e. The zero-order chi connectivity index (χ0) is 26.7. The summed E-state index contributed by atoms with van der Waals surface area (Å²) in [6, 6.07) is 7.76. The van der Waals surface area contributed by atoms with Crippen molar-refractivity contribution in [2.75, 3.05) is 41.1 Å². The minimum Gasteiger partial charge on any atom is -0.507 e. The molecule has 0 bridgehead atoms. The molecule has 1 atom stereocenters. The highest BCUT2D eigenvalue weighted by molar-refractivity contribution is 6.46. The number of nitrogens with zero attached hydrogens (tertiary/aromatic N) is 1. The number of fused-ring (bicyclic) bond motifs is 1. The van der Waals surface area contributed by atoms with Crippen LogP contribution in [0.4, 0.5) is 0 Å². The number of ether oxygens (including phenoxy) is 5. The molecule has 1 amide bonds. The van der Waals surface area contributed by atoms with E-state index in [0.29, 0.717) is 35.0 Å². The van der Waals surface area contributed by atoms with E-state index in [2.05, 4.69) is 0 Å². The summed E-state index contributed by atoms with van der Waals surface area (Å²) in [4.78, 5) is 28.0. The van der Waals surface area contributed by atoms with Crippen molar-refractivity contribution in [2.45, 2.75) is 38.8 Å². The minimum atomic E-state index is -0.892. The van der Waals surface area contributed by atoms with Crippen LogP contribution >= 0.6 is 0 Å². The molecule has 1 N–H and O–H groups in total. The van der Waals surface area contributed by atoms with Crippen molar-refractivity contribution in [3.05, 3.63) is 52.6 Å². The van der Waals surface area contributed by atoms with E-state index in [1.165, 1.54) is 26.2 Å². The molecule has 0 radical (unpaired) electrons. The third-order valence-electron chi connectivity index (χ3n) is 6.51. The van der Waals surface area contributed by atoms with Gasteiger partial charge in [-0.05, 0) is 68.1 Å². The topological polar surface area (TPSA) is 104 Å². The summed E-state index contributed by atoms with van der Waals surface area (Å²) in [5.41, 5.74) is 1.90. The second kappa shape index (κ2) is 11.1. The first-order chi connectivity index (χ1) is 17.8. The van der Waals surface area contributed by atoms with E-state index in [-0.39, 0.29) is 30.6 Å². The zero-order valence-electron chi connectivity index (χ0n) is 21.8. The first-order valence-corrected chi connectivity index (χ1v) is 12.3. The number of benzene rings is 2. The Balaban J connectivity index is 1.87. The highest BCUT2D eigenvalue weighted by Gasteiger charge is 2.46. The lowest BCUT2D eigenvalue weighted by Crippen LogP contribution is -2.33. The summed E-state index contributed by atoms with van der Waals surface area (Å²) < 4.78 is 27.8. The molecule has 198 valence electrons. The smallest absolute Gasteiger partial charge is 0.295 e. The Morgan fingerprint density at radius 1 is 1.08 bits per heavy atom. The highest BCUT2D eigenvalue weighted by atomic mass is 16.5. The first kappa shape index (κ1) is 26.3. The fourth-order valence-corrected chi connectivity index (χ4v) is 4.77. The van der Waals surface area contributed by atoms with Gasteiger partial charge in [0.2, 0.25) is 5.75 Å². The van der Waals surface area contributed by atoms with Crippen LogP contribution in [0.15, 0.2) is 35.9 Å². The average molecular weight is 512 g/mol. The lowest BCUT2D eigenvalue weighted by molar-refractivity contribution is -0.140. The molecule has 1 unspecified atom stereocenters. The van der Waals surface area contributed by atoms with Crippen LogP contribution < -0.4 is 18.9 Å². The molecule has 0 aromatic heterocycles. The molecule has 1 saturated heterocycles. The Bertz CT molecular complexity index is 1190. The quantitative estimate of drug-likeness (QED) is 0.307. The zero-order valence-corrected chi connectivity index (χ0v) is 21.8. The number of rotatable bonds is 9. The number of carbonyl (C=O) groups is 2. The summed E-state index contributed by atoms with van der Waals surface area (Å²) in [6.45, 7) is 4.80. The Hall–Kier alpha value is -3.72. The fourth-order valence-electron chi connectivity index (χ4n) is 4.77. The lowest BCUT2D eigenvalue weighted by atomic mass is 9.93. The molecule has 1 fully saturated rings. The van der Waals surface area contributed by atoms with Crippen LogP contribution in [0.5, 0.6) is 23.0 Å². The Morgan fingerprint density at radius 2 is 1.78 bits per heavy atom. The molecule has 2 aromatic carbocycles. The molecule has 2 aliphatic heterocycles. The molecule has 0 saturated carbocycles.